The first-order chi connectivity index (χ1) is 9.62. The summed E-state index contributed by atoms with van der Waals surface area (Å²) < 4.78 is 12.0. The molecule has 0 aliphatic carbocycles. The summed E-state index contributed by atoms with van der Waals surface area (Å²) >= 11 is 0. The van der Waals surface area contributed by atoms with Gasteiger partial charge in [-0.15, -0.1) is 0 Å². The number of carbonyl (C=O) groups excluding carboxylic acids is 1. The maximum atomic E-state index is 11.7. The first-order valence-electron chi connectivity index (χ1n) is 7.05. The zero-order valence-corrected chi connectivity index (χ0v) is 13.3. The Bertz CT molecular complexity index is 565. The number of carbonyl (C=O) groups is 1. The van der Waals surface area contributed by atoms with Crippen LogP contribution in [0.3, 0.4) is 0 Å². The van der Waals surface area contributed by atoms with Gasteiger partial charge < -0.3 is 14.6 Å². The van der Waals surface area contributed by atoms with Crippen molar-refractivity contribution in [3.8, 4) is 0 Å². The Labute approximate surface area is 126 Å². The molecule has 1 saturated heterocycles. The van der Waals surface area contributed by atoms with E-state index in [0.717, 1.165) is 5.46 Å². The second-order valence-corrected chi connectivity index (χ2v) is 6.45. The van der Waals surface area contributed by atoms with Crippen LogP contribution < -0.4 is 10.8 Å². The predicted molar refractivity (Wildman–Crippen MR) is 85.6 cm³/mol. The molecule has 0 bridgehead atoms. The Kier molecular flexibility index (Phi) is 4.00. The van der Waals surface area contributed by atoms with Crippen LogP contribution in [0.15, 0.2) is 36.4 Å². The normalized spacial score (nSPS) is 19.4. The Morgan fingerprint density at radius 1 is 1.19 bits per heavy atom. The monoisotopic (exact) mass is 287 g/mol. The van der Waals surface area contributed by atoms with Crippen LogP contribution in [0.2, 0.25) is 0 Å². The number of nitrogens with one attached hydrogen (secondary N) is 1. The van der Waals surface area contributed by atoms with Crippen LogP contribution in [-0.2, 0) is 14.1 Å². The number of benzene rings is 1. The van der Waals surface area contributed by atoms with Crippen LogP contribution in [0.1, 0.15) is 34.6 Å². The third kappa shape index (κ3) is 3.19. The average Bonchev–Trinajstić information content (AvgIpc) is 2.58. The zero-order chi connectivity index (χ0) is 15.8. The number of hydrogen-bond acceptors (Lipinski definition) is 3. The van der Waals surface area contributed by atoms with Gasteiger partial charge in [0, 0.05) is 11.3 Å². The molecule has 0 aromatic heterocycles. The highest BCUT2D eigenvalue weighted by Gasteiger charge is 2.51. The molecule has 0 saturated carbocycles. The quantitative estimate of drug-likeness (QED) is 0.686. The molecule has 0 radical (unpaired) electrons. The van der Waals surface area contributed by atoms with Gasteiger partial charge >= 0.3 is 7.12 Å². The minimum absolute atomic E-state index is 0.193. The van der Waals surface area contributed by atoms with Crippen molar-refractivity contribution in [2.24, 2.45) is 0 Å². The molecule has 1 aromatic rings. The number of rotatable bonds is 3. The lowest BCUT2D eigenvalue weighted by Crippen LogP contribution is -2.41. The Morgan fingerprint density at radius 2 is 1.76 bits per heavy atom. The minimum atomic E-state index is -0.434. The van der Waals surface area contributed by atoms with Crippen molar-refractivity contribution in [3.63, 3.8) is 0 Å². The van der Waals surface area contributed by atoms with E-state index in [-0.39, 0.29) is 17.1 Å². The van der Waals surface area contributed by atoms with Gasteiger partial charge in [-0.25, -0.2) is 0 Å². The summed E-state index contributed by atoms with van der Waals surface area (Å²) in [6, 6.07) is 7.49. The van der Waals surface area contributed by atoms with Crippen molar-refractivity contribution in [2.45, 2.75) is 45.8 Å². The second-order valence-electron chi connectivity index (χ2n) is 6.45. The van der Waals surface area contributed by atoms with E-state index in [9.17, 15) is 4.79 Å². The summed E-state index contributed by atoms with van der Waals surface area (Å²) in [5, 5.41) is 2.80. The lowest BCUT2D eigenvalue weighted by Gasteiger charge is -2.32. The number of hydrogen-bond donors (Lipinski definition) is 1. The smallest absolute Gasteiger partial charge is 0.399 e. The molecule has 21 heavy (non-hydrogen) atoms. The van der Waals surface area contributed by atoms with Crippen LogP contribution in [0, 0.1) is 0 Å². The van der Waals surface area contributed by atoms with Gasteiger partial charge in [-0.2, -0.15) is 0 Å². The molecule has 1 amide bonds. The zero-order valence-electron chi connectivity index (χ0n) is 13.3. The summed E-state index contributed by atoms with van der Waals surface area (Å²) in [6.45, 7) is 13.4. The van der Waals surface area contributed by atoms with Crippen molar-refractivity contribution < 1.29 is 14.1 Å². The lowest BCUT2D eigenvalue weighted by molar-refractivity contribution is -0.112. The minimum Gasteiger partial charge on any atom is -0.399 e. The van der Waals surface area contributed by atoms with Gasteiger partial charge in [0.15, 0.2) is 0 Å². The molecular weight excluding hydrogens is 265 g/mol. The van der Waals surface area contributed by atoms with E-state index in [1.807, 2.05) is 52.0 Å². The Morgan fingerprint density at radius 3 is 2.29 bits per heavy atom. The SMILES string of the molecule is C=C(C)C(=O)Nc1cccc(B2OC(C)(C)C(C)(C)O2)c1. The fourth-order valence-corrected chi connectivity index (χ4v) is 1.98. The van der Waals surface area contributed by atoms with Crippen LogP contribution in [0.4, 0.5) is 5.69 Å². The van der Waals surface area contributed by atoms with E-state index in [1.54, 1.807) is 6.92 Å². The van der Waals surface area contributed by atoms with E-state index >= 15 is 0 Å². The van der Waals surface area contributed by atoms with E-state index in [4.69, 9.17) is 9.31 Å². The summed E-state index contributed by atoms with van der Waals surface area (Å²) in [7, 11) is -0.434. The van der Waals surface area contributed by atoms with Crippen LogP contribution >= 0.6 is 0 Å². The van der Waals surface area contributed by atoms with Gasteiger partial charge in [0.25, 0.3) is 5.91 Å². The maximum Gasteiger partial charge on any atom is 0.494 e. The van der Waals surface area contributed by atoms with Crippen LogP contribution in [0.25, 0.3) is 0 Å². The number of amides is 1. The van der Waals surface area contributed by atoms with Gasteiger partial charge in [0.1, 0.15) is 0 Å². The lowest BCUT2D eigenvalue weighted by atomic mass is 9.79. The summed E-state index contributed by atoms with van der Waals surface area (Å²) in [4.78, 5) is 11.7. The molecule has 5 heteroatoms. The Hall–Kier alpha value is -1.59. The van der Waals surface area contributed by atoms with Crippen molar-refractivity contribution >= 4 is 24.2 Å². The molecule has 1 aliphatic rings. The summed E-state index contributed by atoms with van der Waals surface area (Å²) in [5.74, 6) is -0.193. The highest BCUT2D eigenvalue weighted by molar-refractivity contribution is 6.62. The van der Waals surface area contributed by atoms with Gasteiger partial charge in [0.05, 0.1) is 11.2 Å². The highest BCUT2D eigenvalue weighted by atomic mass is 16.7. The van der Waals surface area contributed by atoms with Gasteiger partial charge in [-0.1, -0.05) is 18.7 Å². The van der Waals surface area contributed by atoms with Crippen LogP contribution in [-0.4, -0.2) is 24.2 Å². The molecule has 0 atom stereocenters. The third-order valence-electron chi connectivity index (χ3n) is 4.06. The van der Waals surface area contributed by atoms with E-state index in [2.05, 4.69) is 11.9 Å². The highest BCUT2D eigenvalue weighted by Crippen LogP contribution is 2.36. The van der Waals surface area contributed by atoms with E-state index < -0.39 is 7.12 Å². The van der Waals surface area contributed by atoms with Crippen molar-refractivity contribution in [2.75, 3.05) is 5.32 Å². The fourth-order valence-electron chi connectivity index (χ4n) is 1.98. The standard InChI is InChI=1S/C16H22BNO3/c1-11(2)14(19)18-13-9-7-8-12(10-13)17-20-15(3,4)16(5,6)21-17/h7-10H,1H2,2-6H3,(H,18,19). The fraction of sp³-hybridized carbons (Fsp3) is 0.438. The first-order valence-corrected chi connectivity index (χ1v) is 7.05. The number of anilines is 1. The molecule has 1 aromatic carbocycles. The molecule has 4 nitrogen and oxygen atoms in total. The summed E-state index contributed by atoms with van der Waals surface area (Å²) in [5.41, 5.74) is 1.29. The topological polar surface area (TPSA) is 47.6 Å². The van der Waals surface area contributed by atoms with Gasteiger partial charge in [0.2, 0.25) is 0 Å². The first kappa shape index (κ1) is 15.8. The van der Waals surface area contributed by atoms with E-state index in [1.165, 1.54) is 0 Å². The van der Waals surface area contributed by atoms with Crippen molar-refractivity contribution in [3.05, 3.63) is 36.4 Å². The van der Waals surface area contributed by atoms with Gasteiger partial charge in [-0.05, 0) is 52.2 Å². The molecular formula is C16H22BNO3. The molecule has 1 fully saturated rings. The van der Waals surface area contributed by atoms with Gasteiger partial charge in [-0.3, -0.25) is 4.79 Å². The van der Waals surface area contributed by atoms with E-state index in [0.29, 0.717) is 11.3 Å². The molecule has 0 spiro atoms. The predicted octanol–water partition coefficient (Wildman–Crippen LogP) is 2.50. The molecule has 1 aliphatic heterocycles. The molecule has 0 unspecified atom stereocenters. The second kappa shape index (κ2) is 5.32. The van der Waals surface area contributed by atoms with Crippen molar-refractivity contribution in [1.82, 2.24) is 0 Å². The Balaban J connectivity index is 2.19. The maximum absolute atomic E-state index is 11.7. The molecule has 1 heterocycles. The van der Waals surface area contributed by atoms with Crippen molar-refractivity contribution in [1.29, 1.82) is 0 Å². The molecule has 2 rings (SSSR count). The molecule has 1 N–H and O–H groups in total. The third-order valence-corrected chi connectivity index (χ3v) is 4.06. The largest absolute Gasteiger partial charge is 0.494 e. The summed E-state index contributed by atoms with van der Waals surface area (Å²) in [6.07, 6.45) is 0. The van der Waals surface area contributed by atoms with Crippen LogP contribution in [0.5, 0.6) is 0 Å². The molecule has 112 valence electrons. The average molecular weight is 287 g/mol.